The molecule has 4 aromatic rings. The molecule has 0 amide bonds. The van der Waals surface area contributed by atoms with Crippen LogP contribution in [0.1, 0.15) is 24.6 Å². The molecule has 7 heteroatoms. The van der Waals surface area contributed by atoms with Crippen molar-refractivity contribution >= 4 is 40.2 Å². The highest BCUT2D eigenvalue weighted by atomic mass is 35.5. The summed E-state index contributed by atoms with van der Waals surface area (Å²) in [5, 5.41) is 15.4. The number of carbonyl (C=O) groups is 1. The first kappa shape index (κ1) is 20.6. The van der Waals surface area contributed by atoms with Gasteiger partial charge in [-0.3, -0.25) is 9.48 Å². The van der Waals surface area contributed by atoms with Crippen LogP contribution in [0.25, 0.3) is 16.6 Å². The van der Waals surface area contributed by atoms with Crippen LogP contribution < -0.4 is 0 Å². The lowest BCUT2D eigenvalue weighted by molar-refractivity contribution is -0.136. The average molecular weight is 440 g/mol. The number of carboxylic acids is 1. The molecule has 30 heavy (non-hydrogen) atoms. The van der Waals surface area contributed by atoms with Crippen molar-refractivity contribution in [2.45, 2.75) is 43.0 Å². The van der Waals surface area contributed by atoms with Crippen molar-refractivity contribution in [3.63, 3.8) is 0 Å². The molecular formula is C23H22ClN3O2S. The maximum Gasteiger partial charge on any atom is 0.307 e. The van der Waals surface area contributed by atoms with Crippen molar-refractivity contribution in [3.8, 4) is 5.69 Å². The Hall–Kier alpha value is -2.70. The fraction of sp³-hybridized carbons (Fsp3) is 0.217. The summed E-state index contributed by atoms with van der Waals surface area (Å²) < 4.78 is 4.14. The van der Waals surface area contributed by atoms with E-state index in [1.165, 1.54) is 0 Å². The van der Waals surface area contributed by atoms with E-state index in [2.05, 4.69) is 29.7 Å². The molecule has 4 rings (SSSR count). The van der Waals surface area contributed by atoms with Crippen molar-refractivity contribution in [2.24, 2.45) is 0 Å². The van der Waals surface area contributed by atoms with Crippen molar-refractivity contribution in [2.75, 3.05) is 0 Å². The van der Waals surface area contributed by atoms with Gasteiger partial charge in [-0.15, -0.1) is 0 Å². The molecule has 0 saturated carbocycles. The number of nitrogens with zero attached hydrogens (tertiary/aromatic N) is 3. The van der Waals surface area contributed by atoms with Gasteiger partial charge in [0.15, 0.2) is 0 Å². The molecule has 2 heterocycles. The second-order valence-corrected chi connectivity index (χ2v) is 8.71. The topological polar surface area (TPSA) is 60.0 Å². The summed E-state index contributed by atoms with van der Waals surface area (Å²) in [5.41, 5.74) is 3.91. The van der Waals surface area contributed by atoms with Gasteiger partial charge in [-0.25, -0.2) is 0 Å². The Balaban J connectivity index is 1.81. The van der Waals surface area contributed by atoms with Gasteiger partial charge in [0.2, 0.25) is 0 Å². The number of benzene rings is 2. The Kier molecular flexibility index (Phi) is 5.88. The largest absolute Gasteiger partial charge is 0.481 e. The summed E-state index contributed by atoms with van der Waals surface area (Å²) >= 11 is 7.97. The lowest BCUT2D eigenvalue weighted by Gasteiger charge is -2.07. The van der Waals surface area contributed by atoms with Crippen LogP contribution in [0, 0.1) is 6.92 Å². The second-order valence-electron chi connectivity index (χ2n) is 7.19. The first-order valence-electron chi connectivity index (χ1n) is 9.78. The normalized spacial score (nSPS) is 11.3. The van der Waals surface area contributed by atoms with Crippen LogP contribution in [0.3, 0.4) is 0 Å². The van der Waals surface area contributed by atoms with Crippen LogP contribution in [-0.2, 0) is 17.8 Å². The average Bonchev–Trinajstić information content (AvgIpc) is 3.24. The third-order valence-corrected chi connectivity index (χ3v) is 6.36. The van der Waals surface area contributed by atoms with Crippen LogP contribution in [0.15, 0.2) is 64.6 Å². The van der Waals surface area contributed by atoms with E-state index in [1.54, 1.807) is 11.8 Å². The molecule has 0 bridgehead atoms. The van der Waals surface area contributed by atoms with Gasteiger partial charge in [0, 0.05) is 38.6 Å². The van der Waals surface area contributed by atoms with E-state index in [0.717, 1.165) is 50.6 Å². The standard InChI is InChI=1S/C23H22ClN3O2S/c1-3-9-26-14-18(13-25-26)27-15(2)23(20-8-7-17(24)12-21(20)27)30-19-6-4-5-16(10-19)11-22(28)29/h4-8,10,12-14H,3,9,11H2,1-2H3,(H,28,29). The molecule has 0 aliphatic rings. The minimum Gasteiger partial charge on any atom is -0.481 e. The van der Waals surface area contributed by atoms with E-state index in [4.69, 9.17) is 16.7 Å². The number of aliphatic carboxylic acids is 1. The predicted octanol–water partition coefficient (Wildman–Crippen LogP) is 5.98. The molecule has 0 aliphatic carbocycles. The minimum absolute atomic E-state index is 0.0152. The van der Waals surface area contributed by atoms with Crippen molar-refractivity contribution in [1.29, 1.82) is 0 Å². The van der Waals surface area contributed by atoms with Gasteiger partial charge in [-0.05, 0) is 43.2 Å². The molecular weight excluding hydrogens is 418 g/mol. The van der Waals surface area contributed by atoms with Crippen LogP contribution >= 0.6 is 23.4 Å². The van der Waals surface area contributed by atoms with Crippen molar-refractivity contribution in [1.82, 2.24) is 14.3 Å². The Morgan fingerprint density at radius 3 is 2.83 bits per heavy atom. The molecule has 0 spiro atoms. The van der Waals surface area contributed by atoms with Crippen LogP contribution in [0.4, 0.5) is 0 Å². The predicted molar refractivity (Wildman–Crippen MR) is 121 cm³/mol. The zero-order valence-corrected chi connectivity index (χ0v) is 18.4. The molecule has 1 N–H and O–H groups in total. The number of carboxylic acid groups (broad SMARTS) is 1. The Morgan fingerprint density at radius 2 is 2.07 bits per heavy atom. The monoisotopic (exact) mass is 439 g/mol. The quantitative estimate of drug-likeness (QED) is 0.385. The summed E-state index contributed by atoms with van der Waals surface area (Å²) in [4.78, 5) is 13.2. The smallest absolute Gasteiger partial charge is 0.307 e. The van der Waals surface area contributed by atoms with Crippen LogP contribution in [-0.4, -0.2) is 25.4 Å². The van der Waals surface area contributed by atoms with Gasteiger partial charge in [0.05, 0.1) is 23.8 Å². The first-order chi connectivity index (χ1) is 14.5. The maximum absolute atomic E-state index is 11.1. The number of hydrogen-bond donors (Lipinski definition) is 1. The molecule has 0 aliphatic heterocycles. The number of hydrogen-bond acceptors (Lipinski definition) is 3. The highest BCUT2D eigenvalue weighted by molar-refractivity contribution is 7.99. The number of halogens is 1. The van der Waals surface area contributed by atoms with E-state index < -0.39 is 5.97 Å². The number of rotatable bonds is 7. The summed E-state index contributed by atoms with van der Waals surface area (Å²) in [6.07, 6.45) is 4.97. The molecule has 154 valence electrons. The van der Waals surface area contributed by atoms with E-state index in [9.17, 15) is 4.79 Å². The summed E-state index contributed by atoms with van der Waals surface area (Å²) in [7, 11) is 0. The lowest BCUT2D eigenvalue weighted by Crippen LogP contribution is -1.99. The van der Waals surface area contributed by atoms with Gasteiger partial charge in [-0.2, -0.15) is 5.10 Å². The SMILES string of the molecule is CCCn1cc(-n2c(C)c(Sc3cccc(CC(=O)O)c3)c3ccc(Cl)cc32)cn1. The van der Waals surface area contributed by atoms with Crippen molar-refractivity contribution < 1.29 is 9.90 Å². The molecule has 0 fully saturated rings. The van der Waals surface area contributed by atoms with Crippen LogP contribution in [0.2, 0.25) is 5.02 Å². The van der Waals surface area contributed by atoms with Gasteiger partial charge >= 0.3 is 5.97 Å². The number of aromatic nitrogens is 3. The van der Waals surface area contributed by atoms with E-state index in [1.807, 2.05) is 53.3 Å². The molecule has 0 unspecified atom stereocenters. The third kappa shape index (κ3) is 4.11. The van der Waals surface area contributed by atoms with E-state index >= 15 is 0 Å². The zero-order valence-electron chi connectivity index (χ0n) is 16.8. The summed E-state index contributed by atoms with van der Waals surface area (Å²) in [6.45, 7) is 5.09. The third-order valence-electron chi connectivity index (χ3n) is 4.91. The molecule has 2 aromatic carbocycles. The second kappa shape index (κ2) is 8.58. The van der Waals surface area contributed by atoms with Gasteiger partial charge in [0.1, 0.15) is 0 Å². The highest BCUT2D eigenvalue weighted by Crippen LogP contribution is 2.40. The lowest BCUT2D eigenvalue weighted by atomic mass is 10.2. The Labute approximate surface area is 184 Å². The zero-order chi connectivity index (χ0) is 21.3. The molecule has 5 nitrogen and oxygen atoms in total. The van der Waals surface area contributed by atoms with Gasteiger partial charge in [0.25, 0.3) is 0 Å². The van der Waals surface area contributed by atoms with E-state index in [-0.39, 0.29) is 6.42 Å². The minimum atomic E-state index is -0.830. The Bertz CT molecular complexity index is 1230. The molecule has 0 saturated heterocycles. The van der Waals surface area contributed by atoms with Crippen molar-refractivity contribution in [3.05, 3.63) is 71.1 Å². The fourth-order valence-corrected chi connectivity index (χ4v) is 4.93. The van der Waals surface area contributed by atoms with E-state index in [0.29, 0.717) is 5.02 Å². The van der Waals surface area contributed by atoms with Gasteiger partial charge in [-0.1, -0.05) is 48.5 Å². The summed E-state index contributed by atoms with van der Waals surface area (Å²) in [5.74, 6) is -0.830. The molecule has 0 radical (unpaired) electrons. The summed E-state index contributed by atoms with van der Waals surface area (Å²) in [6, 6.07) is 13.6. The molecule has 2 aromatic heterocycles. The maximum atomic E-state index is 11.1. The highest BCUT2D eigenvalue weighted by Gasteiger charge is 2.18. The number of fused-ring (bicyclic) bond motifs is 1. The first-order valence-corrected chi connectivity index (χ1v) is 11.0. The number of aryl methyl sites for hydroxylation is 1. The fourth-order valence-electron chi connectivity index (χ4n) is 3.65. The van der Waals surface area contributed by atoms with Crippen LogP contribution in [0.5, 0.6) is 0 Å². The van der Waals surface area contributed by atoms with Gasteiger partial charge < -0.3 is 9.67 Å². The Morgan fingerprint density at radius 1 is 1.23 bits per heavy atom. The molecule has 0 atom stereocenters.